The van der Waals surface area contributed by atoms with Crippen molar-refractivity contribution < 1.29 is 38.9 Å². The van der Waals surface area contributed by atoms with Crippen molar-refractivity contribution in [3.63, 3.8) is 0 Å². The maximum Gasteiger partial charge on any atom is 0.294 e. The van der Waals surface area contributed by atoms with Crippen molar-refractivity contribution in [2.45, 2.75) is 14.7 Å². The van der Waals surface area contributed by atoms with Gasteiger partial charge in [0.15, 0.2) is 0 Å². The number of azo groups is 2. The van der Waals surface area contributed by atoms with Crippen LogP contribution in [-0.4, -0.2) is 38.9 Å². The second-order valence-electron chi connectivity index (χ2n) is 9.02. The van der Waals surface area contributed by atoms with Crippen LogP contribution >= 0.6 is 0 Å². The van der Waals surface area contributed by atoms with Crippen molar-refractivity contribution in [1.29, 1.82) is 0 Å². The molecule has 0 radical (unpaired) electrons. The summed E-state index contributed by atoms with van der Waals surface area (Å²) in [5.41, 5.74) is 7.00. The van der Waals surface area contributed by atoms with E-state index < -0.39 is 40.1 Å². The van der Waals surface area contributed by atoms with Gasteiger partial charge in [-0.25, -0.2) is 0 Å². The van der Waals surface area contributed by atoms with Crippen LogP contribution in [0.1, 0.15) is 0 Å². The van der Waals surface area contributed by atoms with Gasteiger partial charge in [-0.2, -0.15) is 30.4 Å². The average molecular weight is 642 g/mol. The molecule has 14 nitrogen and oxygen atoms in total. The molecule has 0 bridgehead atoms. The number of nitrogens with zero attached hydrogens (tertiary/aromatic N) is 4. The van der Waals surface area contributed by atoms with Crippen molar-refractivity contribution in [2.24, 2.45) is 20.5 Å². The Morgan fingerprint density at radius 1 is 0.465 bits per heavy atom. The van der Waals surface area contributed by atoms with Gasteiger partial charge in [0.2, 0.25) is 0 Å². The molecule has 5 aromatic rings. The summed E-state index contributed by atoms with van der Waals surface area (Å²) in [7, 11) is -13.6. The van der Waals surface area contributed by atoms with E-state index in [2.05, 4.69) is 20.5 Å². The first kappa shape index (κ1) is 29.8. The van der Waals surface area contributed by atoms with E-state index >= 15 is 0 Å². The zero-order valence-electron chi connectivity index (χ0n) is 21.5. The van der Waals surface area contributed by atoms with E-state index in [1.165, 1.54) is 60.7 Å². The van der Waals surface area contributed by atoms with E-state index in [0.29, 0.717) is 21.8 Å². The molecule has 5 aromatic carbocycles. The number of rotatable bonds is 7. The zero-order chi connectivity index (χ0) is 31.2. The minimum atomic E-state index is -4.60. The van der Waals surface area contributed by atoms with E-state index in [4.69, 9.17) is 5.73 Å². The van der Waals surface area contributed by atoms with Gasteiger partial charge in [0.1, 0.15) is 0 Å². The van der Waals surface area contributed by atoms with Gasteiger partial charge in [-0.3, -0.25) is 13.7 Å². The third kappa shape index (κ3) is 6.41. The summed E-state index contributed by atoms with van der Waals surface area (Å²) in [5.74, 6) is 0. The van der Waals surface area contributed by atoms with E-state index in [9.17, 15) is 38.9 Å². The van der Waals surface area contributed by atoms with Gasteiger partial charge in [0.05, 0.1) is 37.4 Å². The lowest BCUT2D eigenvalue weighted by Crippen LogP contribution is -1.98. The minimum Gasteiger partial charge on any atom is -0.398 e. The second-order valence-corrected chi connectivity index (χ2v) is 13.3. The Kier molecular flexibility index (Phi) is 7.55. The smallest absolute Gasteiger partial charge is 0.294 e. The third-order valence-corrected chi connectivity index (χ3v) is 8.74. The van der Waals surface area contributed by atoms with Gasteiger partial charge in [-0.15, -0.1) is 15.3 Å². The number of nitrogens with two attached hydrogens (primary N) is 1. The predicted molar refractivity (Wildman–Crippen MR) is 157 cm³/mol. The van der Waals surface area contributed by atoms with Crippen LogP contribution in [0, 0.1) is 0 Å². The molecule has 5 rings (SSSR count). The quantitative estimate of drug-likeness (QED) is 0.0898. The maximum absolute atomic E-state index is 11.8. The molecule has 0 saturated heterocycles. The normalized spacial score (nSPS) is 13.0. The number of benzene rings is 5. The molecule has 0 atom stereocenters. The monoisotopic (exact) mass is 641 g/mol. The largest absolute Gasteiger partial charge is 0.398 e. The zero-order valence-corrected chi connectivity index (χ0v) is 23.9. The summed E-state index contributed by atoms with van der Waals surface area (Å²) >= 11 is 0. The number of fused-ring (bicyclic) bond motifs is 2. The predicted octanol–water partition coefficient (Wildman–Crippen LogP) is 6.15. The number of nitrogen functional groups attached to an aromatic ring is 1. The molecule has 0 saturated carbocycles. The molecule has 0 unspecified atom stereocenters. The molecule has 0 aliphatic heterocycles. The molecule has 0 aliphatic carbocycles. The van der Waals surface area contributed by atoms with Crippen molar-refractivity contribution in [1.82, 2.24) is 0 Å². The van der Waals surface area contributed by atoms with E-state index in [1.54, 1.807) is 6.07 Å². The van der Waals surface area contributed by atoms with Gasteiger partial charge in [0.25, 0.3) is 30.4 Å². The Balaban J connectivity index is 1.61. The average Bonchev–Trinajstić information content (AvgIpc) is 2.94. The summed E-state index contributed by atoms with van der Waals surface area (Å²) in [4.78, 5) is -1.18. The fourth-order valence-corrected chi connectivity index (χ4v) is 5.67. The summed E-state index contributed by atoms with van der Waals surface area (Å²) in [6.45, 7) is 0. The Bertz CT molecular complexity index is 2340. The topological polar surface area (TPSA) is 239 Å². The molecule has 5 N–H and O–H groups in total. The molecule has 0 fully saturated rings. The van der Waals surface area contributed by atoms with Crippen molar-refractivity contribution >= 4 is 80.3 Å². The molecule has 17 heteroatoms. The Labute approximate surface area is 244 Å². The fourth-order valence-electron chi connectivity index (χ4n) is 4.14. The van der Waals surface area contributed by atoms with Gasteiger partial charge >= 0.3 is 0 Å². The van der Waals surface area contributed by atoms with Crippen LogP contribution in [0.25, 0.3) is 21.5 Å². The van der Waals surface area contributed by atoms with Crippen molar-refractivity contribution in [3.8, 4) is 0 Å². The molecule has 0 aliphatic rings. The van der Waals surface area contributed by atoms with Gasteiger partial charge in [0, 0.05) is 27.2 Å². The number of hydrogen-bond donors (Lipinski definition) is 4. The molecule has 43 heavy (non-hydrogen) atoms. The first-order valence-electron chi connectivity index (χ1n) is 11.9. The van der Waals surface area contributed by atoms with Crippen LogP contribution in [0.15, 0.2) is 120 Å². The SMILES string of the molecule is Nc1ccc(N=Nc2ccc(N=Nc3cccc(S(=O)(=O)O)c3)c3cc(S(=O)(=O)O)ccc23)c2ccc(S(=O)(=O)O)cc12. The van der Waals surface area contributed by atoms with E-state index in [0.717, 1.165) is 18.2 Å². The lowest BCUT2D eigenvalue weighted by Gasteiger charge is -2.08. The highest BCUT2D eigenvalue weighted by atomic mass is 32.2. The van der Waals surface area contributed by atoms with Crippen LogP contribution in [0.4, 0.5) is 28.4 Å². The first-order valence-corrected chi connectivity index (χ1v) is 16.2. The Hall–Kier alpha value is -4.65. The van der Waals surface area contributed by atoms with Crippen molar-refractivity contribution in [2.75, 3.05) is 5.73 Å². The summed E-state index contributed by atoms with van der Waals surface area (Å²) < 4.78 is 98.0. The summed E-state index contributed by atoms with van der Waals surface area (Å²) in [6, 6.07) is 18.5. The first-order chi connectivity index (χ1) is 20.1. The van der Waals surface area contributed by atoms with Crippen LogP contribution in [0.5, 0.6) is 0 Å². The molecule has 0 heterocycles. The lowest BCUT2D eigenvalue weighted by molar-refractivity contribution is 0.481. The van der Waals surface area contributed by atoms with Crippen LogP contribution < -0.4 is 5.73 Å². The molecule has 0 aromatic heterocycles. The minimum absolute atomic E-state index is 0.0744. The van der Waals surface area contributed by atoms with Gasteiger partial charge < -0.3 is 5.73 Å². The van der Waals surface area contributed by atoms with Crippen LogP contribution in [0.3, 0.4) is 0 Å². The maximum atomic E-state index is 11.8. The molecular formula is C26H19N5O9S3. The van der Waals surface area contributed by atoms with Gasteiger partial charge in [-0.1, -0.05) is 18.2 Å². The highest BCUT2D eigenvalue weighted by Crippen LogP contribution is 2.38. The Morgan fingerprint density at radius 2 is 0.907 bits per heavy atom. The van der Waals surface area contributed by atoms with Crippen molar-refractivity contribution in [3.05, 3.63) is 84.9 Å². The summed E-state index contributed by atoms with van der Waals surface area (Å²) in [5, 5.41) is 17.9. The summed E-state index contributed by atoms with van der Waals surface area (Å²) in [6.07, 6.45) is 0. The van der Waals surface area contributed by atoms with Crippen LogP contribution in [0.2, 0.25) is 0 Å². The van der Waals surface area contributed by atoms with E-state index in [-0.39, 0.29) is 33.0 Å². The highest BCUT2D eigenvalue weighted by Gasteiger charge is 2.16. The number of anilines is 1. The van der Waals surface area contributed by atoms with Crippen LogP contribution in [-0.2, 0) is 30.4 Å². The highest BCUT2D eigenvalue weighted by molar-refractivity contribution is 7.86. The lowest BCUT2D eigenvalue weighted by atomic mass is 10.1. The fraction of sp³-hybridized carbons (Fsp3) is 0. The third-order valence-electron chi connectivity index (χ3n) is 6.19. The van der Waals surface area contributed by atoms with E-state index in [1.807, 2.05) is 0 Å². The number of hydrogen-bond acceptors (Lipinski definition) is 11. The van der Waals surface area contributed by atoms with Gasteiger partial charge in [-0.05, 0) is 66.7 Å². The second kappa shape index (κ2) is 10.9. The molecule has 0 amide bonds. The Morgan fingerprint density at radius 3 is 1.47 bits per heavy atom. The molecular weight excluding hydrogens is 623 g/mol. The standard InChI is InChI=1S/C26H19N5O9S3/c27-23-8-9-24(19-6-4-17(13-21(19)23)42(35,36)37)30-31-25-10-11-26(22-14-18(43(38,39)40)5-7-20(22)25)29-28-15-2-1-3-16(12-15)41(32,33)34/h1-14H,27H2,(H,32,33,34)(H,35,36,37)(H,38,39,40). The molecule has 220 valence electrons. The molecule has 0 spiro atoms.